The highest BCUT2D eigenvalue weighted by atomic mass is 35.5. The first-order chi connectivity index (χ1) is 15.4. The summed E-state index contributed by atoms with van der Waals surface area (Å²) in [6, 6.07) is 19.6. The van der Waals surface area contributed by atoms with E-state index in [-0.39, 0.29) is 17.9 Å². The van der Waals surface area contributed by atoms with Crippen molar-refractivity contribution in [2.45, 2.75) is 6.61 Å². The number of nitro groups is 1. The molecule has 1 saturated heterocycles. The first kappa shape index (κ1) is 21.1. The Labute approximate surface area is 187 Å². The third kappa shape index (κ3) is 4.45. The highest BCUT2D eigenvalue weighted by Crippen LogP contribution is 2.28. The van der Waals surface area contributed by atoms with Crippen molar-refractivity contribution in [2.24, 2.45) is 0 Å². The van der Waals surface area contributed by atoms with Crippen LogP contribution in [-0.2, 0) is 16.2 Å². The molecule has 9 heteroatoms. The zero-order valence-electron chi connectivity index (χ0n) is 16.5. The lowest BCUT2D eigenvalue weighted by atomic mass is 10.1. The molecule has 0 aliphatic carbocycles. The molecular formula is C23H16ClN3O5. The number of non-ortho nitro benzene ring substituents is 1. The van der Waals surface area contributed by atoms with E-state index in [4.69, 9.17) is 16.3 Å². The van der Waals surface area contributed by atoms with E-state index in [0.29, 0.717) is 27.6 Å². The number of hydrogen-bond acceptors (Lipinski definition) is 5. The van der Waals surface area contributed by atoms with E-state index in [1.54, 1.807) is 54.6 Å². The van der Waals surface area contributed by atoms with Crippen LogP contribution in [-0.4, -0.2) is 16.7 Å². The Morgan fingerprint density at radius 2 is 1.75 bits per heavy atom. The predicted octanol–water partition coefficient (Wildman–Crippen LogP) is 4.29. The molecule has 0 saturated carbocycles. The van der Waals surface area contributed by atoms with Crippen LogP contribution in [0.1, 0.15) is 11.1 Å². The molecule has 3 aromatic rings. The zero-order chi connectivity index (χ0) is 22.7. The fourth-order valence-electron chi connectivity index (χ4n) is 3.11. The number of hydrogen-bond donors (Lipinski definition) is 1. The molecule has 4 rings (SSSR count). The maximum absolute atomic E-state index is 12.8. The SMILES string of the molecule is O=C1NN(c2ccccc2)C(=O)/C1=C\c1cc(Cl)ccc1OCc1ccc([N+](=O)[O-])cc1. The number of nitrogens with one attached hydrogen (secondary N) is 1. The fourth-order valence-corrected chi connectivity index (χ4v) is 3.29. The van der Waals surface area contributed by atoms with E-state index >= 15 is 0 Å². The van der Waals surface area contributed by atoms with Crippen molar-refractivity contribution in [3.63, 3.8) is 0 Å². The molecule has 0 spiro atoms. The standard InChI is InChI=1S/C23H16ClN3O5/c24-17-8-11-21(32-14-15-6-9-19(10-7-15)27(30)31)16(12-17)13-20-22(28)25-26(23(20)29)18-4-2-1-3-5-18/h1-13H,14H2,(H,25,28)/b20-13-. The number of carbonyl (C=O) groups is 2. The molecule has 32 heavy (non-hydrogen) atoms. The van der Waals surface area contributed by atoms with Gasteiger partial charge in [-0.05, 0) is 54.1 Å². The Morgan fingerprint density at radius 3 is 2.44 bits per heavy atom. The third-order valence-corrected chi connectivity index (χ3v) is 4.95. The summed E-state index contributed by atoms with van der Waals surface area (Å²) in [5, 5.41) is 12.4. The molecule has 0 unspecified atom stereocenters. The zero-order valence-corrected chi connectivity index (χ0v) is 17.3. The number of halogens is 1. The number of anilines is 1. The number of rotatable bonds is 6. The van der Waals surface area contributed by atoms with Crippen LogP contribution in [0, 0.1) is 10.1 Å². The number of para-hydroxylation sites is 1. The van der Waals surface area contributed by atoms with Gasteiger partial charge in [0.05, 0.1) is 10.6 Å². The molecule has 160 valence electrons. The normalized spacial score (nSPS) is 14.5. The minimum absolute atomic E-state index is 0.0145. The Morgan fingerprint density at radius 1 is 1.03 bits per heavy atom. The Balaban J connectivity index is 1.58. The second-order valence-corrected chi connectivity index (χ2v) is 7.31. The lowest BCUT2D eigenvalue weighted by molar-refractivity contribution is -0.384. The average molecular weight is 450 g/mol. The van der Waals surface area contributed by atoms with Gasteiger partial charge in [-0.3, -0.25) is 25.1 Å². The van der Waals surface area contributed by atoms with Crippen LogP contribution in [0.4, 0.5) is 11.4 Å². The van der Waals surface area contributed by atoms with Gasteiger partial charge in [-0.2, -0.15) is 0 Å². The molecule has 0 atom stereocenters. The van der Waals surface area contributed by atoms with Crippen molar-refractivity contribution in [1.29, 1.82) is 0 Å². The summed E-state index contributed by atoms with van der Waals surface area (Å²) >= 11 is 6.12. The average Bonchev–Trinajstić information content (AvgIpc) is 3.08. The summed E-state index contributed by atoms with van der Waals surface area (Å²) in [4.78, 5) is 35.6. The topological polar surface area (TPSA) is 102 Å². The fraction of sp³-hybridized carbons (Fsp3) is 0.0435. The summed E-state index contributed by atoms with van der Waals surface area (Å²) in [5.74, 6) is -0.637. The summed E-state index contributed by atoms with van der Waals surface area (Å²) in [6.45, 7) is 0.131. The van der Waals surface area contributed by atoms with Crippen molar-refractivity contribution in [3.8, 4) is 5.75 Å². The van der Waals surface area contributed by atoms with Crippen LogP contribution in [0.2, 0.25) is 5.02 Å². The second-order valence-electron chi connectivity index (χ2n) is 6.87. The van der Waals surface area contributed by atoms with E-state index in [1.807, 2.05) is 6.07 Å². The number of amides is 2. The molecule has 1 N–H and O–H groups in total. The van der Waals surface area contributed by atoms with E-state index in [0.717, 1.165) is 0 Å². The van der Waals surface area contributed by atoms with Crippen LogP contribution < -0.4 is 15.2 Å². The minimum atomic E-state index is -0.542. The Hall–Kier alpha value is -4.17. The predicted molar refractivity (Wildman–Crippen MR) is 119 cm³/mol. The van der Waals surface area contributed by atoms with Gasteiger partial charge >= 0.3 is 0 Å². The number of carbonyl (C=O) groups excluding carboxylic acids is 2. The van der Waals surface area contributed by atoms with Crippen LogP contribution in [0.5, 0.6) is 5.75 Å². The summed E-state index contributed by atoms with van der Waals surface area (Å²) in [7, 11) is 0. The van der Waals surface area contributed by atoms with Gasteiger partial charge in [-0.15, -0.1) is 0 Å². The van der Waals surface area contributed by atoms with Gasteiger partial charge in [-0.1, -0.05) is 29.8 Å². The van der Waals surface area contributed by atoms with Crippen molar-refractivity contribution in [2.75, 3.05) is 5.01 Å². The number of nitrogens with zero attached hydrogens (tertiary/aromatic N) is 2. The lowest BCUT2D eigenvalue weighted by Gasteiger charge is -2.14. The van der Waals surface area contributed by atoms with Gasteiger partial charge in [0.2, 0.25) is 0 Å². The quantitative estimate of drug-likeness (QED) is 0.262. The molecule has 0 aromatic heterocycles. The highest BCUT2D eigenvalue weighted by molar-refractivity contribution is 6.32. The Bertz CT molecular complexity index is 1230. The first-order valence-corrected chi connectivity index (χ1v) is 9.88. The highest BCUT2D eigenvalue weighted by Gasteiger charge is 2.34. The van der Waals surface area contributed by atoms with Gasteiger partial charge < -0.3 is 4.74 Å². The van der Waals surface area contributed by atoms with Gasteiger partial charge in [0.15, 0.2) is 0 Å². The second kappa shape index (κ2) is 8.91. The summed E-state index contributed by atoms with van der Waals surface area (Å²) < 4.78 is 5.84. The van der Waals surface area contributed by atoms with E-state index in [1.165, 1.54) is 23.2 Å². The van der Waals surface area contributed by atoms with Crippen LogP contribution in [0.25, 0.3) is 6.08 Å². The van der Waals surface area contributed by atoms with Gasteiger partial charge in [0.25, 0.3) is 17.5 Å². The van der Waals surface area contributed by atoms with Gasteiger partial charge in [-0.25, -0.2) is 5.01 Å². The van der Waals surface area contributed by atoms with E-state index in [2.05, 4.69) is 5.43 Å². The number of benzene rings is 3. The summed E-state index contributed by atoms with van der Waals surface area (Å²) in [5.41, 5.74) is 4.18. The largest absolute Gasteiger partial charge is 0.488 e. The third-order valence-electron chi connectivity index (χ3n) is 4.72. The van der Waals surface area contributed by atoms with Crippen molar-refractivity contribution in [3.05, 3.63) is 105 Å². The van der Waals surface area contributed by atoms with Crippen molar-refractivity contribution >= 4 is 40.9 Å². The molecule has 1 aliphatic rings. The van der Waals surface area contributed by atoms with Crippen molar-refractivity contribution in [1.82, 2.24) is 5.43 Å². The molecule has 1 fully saturated rings. The monoisotopic (exact) mass is 449 g/mol. The van der Waals surface area contributed by atoms with Gasteiger partial charge in [0, 0.05) is 22.7 Å². The molecule has 2 amide bonds. The van der Waals surface area contributed by atoms with Crippen LogP contribution >= 0.6 is 11.6 Å². The van der Waals surface area contributed by atoms with Gasteiger partial charge in [0.1, 0.15) is 17.9 Å². The summed E-state index contributed by atoms with van der Waals surface area (Å²) in [6.07, 6.45) is 1.43. The minimum Gasteiger partial charge on any atom is -0.488 e. The van der Waals surface area contributed by atoms with Crippen LogP contribution in [0.15, 0.2) is 78.4 Å². The molecule has 1 heterocycles. The smallest absolute Gasteiger partial charge is 0.282 e. The lowest BCUT2D eigenvalue weighted by Crippen LogP contribution is -2.35. The van der Waals surface area contributed by atoms with Crippen molar-refractivity contribution < 1.29 is 19.2 Å². The number of hydrazine groups is 1. The molecule has 0 radical (unpaired) electrons. The molecular weight excluding hydrogens is 434 g/mol. The molecule has 8 nitrogen and oxygen atoms in total. The Kier molecular flexibility index (Phi) is 5.87. The molecule has 3 aromatic carbocycles. The van der Waals surface area contributed by atoms with E-state index < -0.39 is 16.7 Å². The van der Waals surface area contributed by atoms with E-state index in [9.17, 15) is 19.7 Å². The van der Waals surface area contributed by atoms with Crippen LogP contribution in [0.3, 0.4) is 0 Å². The first-order valence-electron chi connectivity index (χ1n) is 9.50. The molecule has 0 bridgehead atoms. The molecule has 1 aliphatic heterocycles. The maximum atomic E-state index is 12.8. The maximum Gasteiger partial charge on any atom is 0.282 e. The number of nitro benzene ring substituents is 1. The number of ether oxygens (including phenoxy) is 1.